The molecule has 2 aliphatic heterocycles. The lowest BCUT2D eigenvalue weighted by Gasteiger charge is -2.34. The first-order valence-corrected chi connectivity index (χ1v) is 8.03. The zero-order chi connectivity index (χ0) is 15.7. The van der Waals surface area contributed by atoms with Crippen molar-refractivity contribution in [1.82, 2.24) is 9.80 Å². The summed E-state index contributed by atoms with van der Waals surface area (Å²) in [5, 5.41) is 10.4. The predicted molar refractivity (Wildman–Crippen MR) is 84.4 cm³/mol. The quantitative estimate of drug-likeness (QED) is 0.902. The Labute approximate surface area is 135 Å². The van der Waals surface area contributed by atoms with E-state index in [1.165, 1.54) is 6.07 Å². The molecule has 2 heterocycles. The van der Waals surface area contributed by atoms with Crippen molar-refractivity contribution in [3.8, 4) is 5.75 Å². The number of ether oxygens (including phenoxy) is 1. The van der Waals surface area contributed by atoms with Crippen LogP contribution in [0.15, 0.2) is 18.2 Å². The molecule has 1 aromatic rings. The Kier molecular flexibility index (Phi) is 4.57. The number of carbonyl (C=O) groups excluding carboxylic acids is 1. The van der Waals surface area contributed by atoms with E-state index in [1.807, 2.05) is 4.90 Å². The number of phenols is 1. The fourth-order valence-corrected chi connectivity index (χ4v) is 3.52. The van der Waals surface area contributed by atoms with Gasteiger partial charge in [-0.1, -0.05) is 18.5 Å². The Bertz CT molecular complexity index is 560. The third-order valence-corrected chi connectivity index (χ3v) is 4.80. The first-order chi connectivity index (χ1) is 10.6. The van der Waals surface area contributed by atoms with Gasteiger partial charge in [-0.3, -0.25) is 9.69 Å². The van der Waals surface area contributed by atoms with Gasteiger partial charge >= 0.3 is 0 Å². The molecule has 22 heavy (non-hydrogen) atoms. The van der Waals surface area contributed by atoms with Crippen molar-refractivity contribution in [3.63, 3.8) is 0 Å². The number of aromatic hydroxyl groups is 1. The summed E-state index contributed by atoms with van der Waals surface area (Å²) in [6, 6.07) is 5.00. The van der Waals surface area contributed by atoms with E-state index in [1.54, 1.807) is 12.1 Å². The van der Waals surface area contributed by atoms with Gasteiger partial charge in [0.1, 0.15) is 5.75 Å². The largest absolute Gasteiger partial charge is 0.507 e. The second-order valence-corrected chi connectivity index (χ2v) is 6.50. The Balaban J connectivity index is 1.71. The van der Waals surface area contributed by atoms with Gasteiger partial charge in [-0.15, -0.1) is 0 Å². The number of hydrogen-bond donors (Lipinski definition) is 1. The van der Waals surface area contributed by atoms with E-state index in [9.17, 15) is 9.90 Å². The first-order valence-electron chi connectivity index (χ1n) is 7.66. The lowest BCUT2D eigenvalue weighted by atomic mass is 10.0. The molecule has 5 nitrogen and oxygen atoms in total. The van der Waals surface area contributed by atoms with E-state index in [4.69, 9.17) is 16.3 Å². The van der Waals surface area contributed by atoms with Gasteiger partial charge in [-0.05, 0) is 24.1 Å². The Morgan fingerprint density at radius 2 is 2.05 bits per heavy atom. The van der Waals surface area contributed by atoms with E-state index >= 15 is 0 Å². The van der Waals surface area contributed by atoms with E-state index in [-0.39, 0.29) is 11.7 Å². The van der Waals surface area contributed by atoms with Crippen molar-refractivity contribution in [3.05, 3.63) is 28.8 Å². The maximum atomic E-state index is 12.6. The Morgan fingerprint density at radius 1 is 1.32 bits per heavy atom. The third-order valence-electron chi connectivity index (χ3n) is 4.56. The molecule has 1 N–H and O–H groups in total. The number of rotatable bonds is 2. The summed E-state index contributed by atoms with van der Waals surface area (Å²) in [5.74, 6) is 0.230. The topological polar surface area (TPSA) is 53.0 Å². The zero-order valence-corrected chi connectivity index (χ0v) is 13.4. The minimum atomic E-state index is -0.128. The molecule has 0 saturated carbocycles. The highest BCUT2D eigenvalue weighted by Gasteiger charge is 2.37. The number of morpholine rings is 1. The average Bonchev–Trinajstić information content (AvgIpc) is 2.89. The summed E-state index contributed by atoms with van der Waals surface area (Å²) in [5.41, 5.74) is 0.319. The summed E-state index contributed by atoms with van der Waals surface area (Å²) in [6.07, 6.45) is 0. The molecule has 0 aliphatic carbocycles. The number of likely N-dealkylation sites (tertiary alicyclic amines) is 1. The van der Waals surface area contributed by atoms with E-state index in [0.29, 0.717) is 35.6 Å². The van der Waals surface area contributed by atoms with Crippen molar-refractivity contribution >= 4 is 17.5 Å². The maximum Gasteiger partial charge on any atom is 0.257 e. The van der Waals surface area contributed by atoms with Crippen molar-refractivity contribution in [1.29, 1.82) is 0 Å². The van der Waals surface area contributed by atoms with Crippen LogP contribution in [0.2, 0.25) is 5.02 Å². The molecule has 0 aromatic heterocycles. The van der Waals surface area contributed by atoms with Crippen LogP contribution >= 0.6 is 11.6 Å². The van der Waals surface area contributed by atoms with Crippen molar-refractivity contribution in [2.75, 3.05) is 39.4 Å². The highest BCUT2D eigenvalue weighted by Crippen LogP contribution is 2.28. The van der Waals surface area contributed by atoms with Crippen LogP contribution < -0.4 is 0 Å². The molecule has 3 rings (SSSR count). The van der Waals surface area contributed by atoms with Crippen LogP contribution in [0.4, 0.5) is 0 Å². The number of halogens is 1. The predicted octanol–water partition coefficient (Wildman–Crippen LogP) is 1.84. The van der Waals surface area contributed by atoms with Gasteiger partial charge in [0.15, 0.2) is 0 Å². The third kappa shape index (κ3) is 3.07. The summed E-state index contributed by atoms with van der Waals surface area (Å²) in [7, 11) is 0. The SMILES string of the molecule is C[C@H]1CN(C(=O)c2ccc(Cl)cc2O)C[C@@H]1N1CCOCC1. The fourth-order valence-electron chi connectivity index (χ4n) is 3.36. The number of hydrogen-bond acceptors (Lipinski definition) is 4. The monoisotopic (exact) mass is 324 g/mol. The van der Waals surface area contributed by atoms with Crippen LogP contribution in [0, 0.1) is 5.92 Å². The summed E-state index contributed by atoms with van der Waals surface area (Å²) < 4.78 is 5.40. The molecular weight excluding hydrogens is 304 g/mol. The van der Waals surface area contributed by atoms with Crippen LogP contribution in [-0.2, 0) is 4.74 Å². The van der Waals surface area contributed by atoms with Crippen LogP contribution in [-0.4, -0.2) is 66.2 Å². The van der Waals surface area contributed by atoms with Crippen LogP contribution in [0.5, 0.6) is 5.75 Å². The number of carbonyl (C=O) groups is 1. The van der Waals surface area contributed by atoms with Gasteiger partial charge in [-0.2, -0.15) is 0 Å². The normalized spacial score (nSPS) is 26.4. The molecule has 6 heteroatoms. The molecule has 0 spiro atoms. The second-order valence-electron chi connectivity index (χ2n) is 6.06. The molecule has 2 fully saturated rings. The zero-order valence-electron chi connectivity index (χ0n) is 12.7. The van der Waals surface area contributed by atoms with Crippen LogP contribution in [0.25, 0.3) is 0 Å². The smallest absolute Gasteiger partial charge is 0.257 e. The summed E-state index contributed by atoms with van der Waals surface area (Å²) in [6.45, 7) is 6.94. The van der Waals surface area contributed by atoms with Crippen LogP contribution in [0.1, 0.15) is 17.3 Å². The highest BCUT2D eigenvalue weighted by atomic mass is 35.5. The summed E-state index contributed by atoms with van der Waals surface area (Å²) in [4.78, 5) is 16.9. The van der Waals surface area contributed by atoms with Gasteiger partial charge in [-0.25, -0.2) is 0 Å². The molecule has 2 aliphatic rings. The van der Waals surface area contributed by atoms with Crippen molar-refractivity contribution < 1.29 is 14.6 Å². The van der Waals surface area contributed by atoms with E-state index in [0.717, 1.165) is 26.3 Å². The molecule has 2 atom stereocenters. The van der Waals surface area contributed by atoms with Crippen molar-refractivity contribution in [2.45, 2.75) is 13.0 Å². The molecular formula is C16H21ClN2O3. The number of benzene rings is 1. The minimum absolute atomic E-state index is 0.0556. The number of amides is 1. The van der Waals surface area contributed by atoms with E-state index < -0.39 is 0 Å². The average molecular weight is 325 g/mol. The van der Waals surface area contributed by atoms with Gasteiger partial charge in [0.25, 0.3) is 5.91 Å². The van der Waals surface area contributed by atoms with Crippen molar-refractivity contribution in [2.24, 2.45) is 5.92 Å². The maximum absolute atomic E-state index is 12.6. The van der Waals surface area contributed by atoms with Crippen LogP contribution in [0.3, 0.4) is 0 Å². The molecule has 0 radical (unpaired) electrons. The second kappa shape index (κ2) is 6.44. The fraction of sp³-hybridized carbons (Fsp3) is 0.562. The number of nitrogens with zero attached hydrogens (tertiary/aromatic N) is 2. The molecule has 0 unspecified atom stereocenters. The van der Waals surface area contributed by atoms with Gasteiger partial charge < -0.3 is 14.7 Å². The standard InChI is InChI=1S/C16H21ClN2O3/c1-11-9-19(10-14(11)18-4-6-22-7-5-18)16(21)13-3-2-12(17)8-15(13)20/h2-3,8,11,14,20H,4-7,9-10H2,1H3/t11-,14-/m0/s1. The highest BCUT2D eigenvalue weighted by molar-refractivity contribution is 6.30. The molecule has 1 aromatic carbocycles. The van der Waals surface area contributed by atoms with Gasteiger partial charge in [0.05, 0.1) is 18.8 Å². The Hall–Kier alpha value is -1.30. The number of phenolic OH excluding ortho intramolecular Hbond substituents is 1. The minimum Gasteiger partial charge on any atom is -0.507 e. The molecule has 1 amide bonds. The molecule has 0 bridgehead atoms. The molecule has 120 valence electrons. The Morgan fingerprint density at radius 3 is 2.73 bits per heavy atom. The van der Waals surface area contributed by atoms with Gasteiger partial charge in [0.2, 0.25) is 0 Å². The first kappa shape index (κ1) is 15.6. The molecule has 2 saturated heterocycles. The van der Waals surface area contributed by atoms with E-state index in [2.05, 4.69) is 11.8 Å². The lowest BCUT2D eigenvalue weighted by Crippen LogP contribution is -2.47. The van der Waals surface area contributed by atoms with Gasteiger partial charge in [0, 0.05) is 37.2 Å². The summed E-state index contributed by atoms with van der Waals surface area (Å²) >= 11 is 5.83. The lowest BCUT2D eigenvalue weighted by molar-refractivity contribution is 0.0119.